The summed E-state index contributed by atoms with van der Waals surface area (Å²) in [6, 6.07) is 3.54. The highest BCUT2D eigenvalue weighted by Crippen LogP contribution is 2.12. The van der Waals surface area contributed by atoms with E-state index in [1.54, 1.807) is 36.4 Å². The van der Waals surface area contributed by atoms with Gasteiger partial charge in [0, 0.05) is 31.3 Å². The van der Waals surface area contributed by atoms with Gasteiger partial charge in [-0.2, -0.15) is 5.10 Å². The number of aromatic nitrogens is 3. The van der Waals surface area contributed by atoms with Crippen molar-refractivity contribution in [3.8, 4) is 0 Å². The maximum absolute atomic E-state index is 12.4. The monoisotopic (exact) mass is 245 g/mol. The van der Waals surface area contributed by atoms with Crippen LogP contribution in [0.2, 0.25) is 0 Å². The number of carbonyl (C=O) groups excluding carboxylic acids is 1. The molecular formula is C13H15N3O2. The standard InChI is InChI=1S/C13H15N3O2/c1-10-3-5-14-9-11(10)13(17)12-4-6-15-16(12)7-8-18-2/h3-6,9H,7-8H2,1-2H3. The summed E-state index contributed by atoms with van der Waals surface area (Å²) in [5, 5.41) is 4.13. The molecule has 0 aromatic carbocycles. The van der Waals surface area contributed by atoms with Crippen LogP contribution in [0.3, 0.4) is 0 Å². The Hall–Kier alpha value is -2.01. The van der Waals surface area contributed by atoms with Crippen molar-refractivity contribution in [3.63, 3.8) is 0 Å². The SMILES string of the molecule is COCCn1nccc1C(=O)c1cnccc1C. The minimum Gasteiger partial charge on any atom is -0.383 e. The van der Waals surface area contributed by atoms with Gasteiger partial charge in [0.25, 0.3) is 0 Å². The number of hydrogen-bond acceptors (Lipinski definition) is 4. The Kier molecular flexibility index (Phi) is 3.84. The number of ketones is 1. The molecule has 0 spiro atoms. The molecule has 0 bridgehead atoms. The summed E-state index contributed by atoms with van der Waals surface area (Å²) in [5.41, 5.74) is 2.08. The third-order valence-electron chi connectivity index (χ3n) is 2.74. The van der Waals surface area contributed by atoms with Gasteiger partial charge in [0.05, 0.1) is 13.2 Å². The smallest absolute Gasteiger partial charge is 0.212 e. The summed E-state index contributed by atoms with van der Waals surface area (Å²) < 4.78 is 6.65. The quantitative estimate of drug-likeness (QED) is 0.748. The predicted molar refractivity (Wildman–Crippen MR) is 66.5 cm³/mol. The lowest BCUT2D eigenvalue weighted by atomic mass is 10.1. The molecule has 0 radical (unpaired) electrons. The fourth-order valence-electron chi connectivity index (χ4n) is 1.72. The maximum atomic E-state index is 12.4. The first kappa shape index (κ1) is 12.4. The summed E-state index contributed by atoms with van der Waals surface area (Å²) in [5.74, 6) is -0.0609. The number of pyridine rings is 1. The van der Waals surface area contributed by atoms with E-state index < -0.39 is 0 Å². The Balaban J connectivity index is 2.29. The third-order valence-corrected chi connectivity index (χ3v) is 2.74. The van der Waals surface area contributed by atoms with Gasteiger partial charge in [-0.3, -0.25) is 14.5 Å². The van der Waals surface area contributed by atoms with Crippen LogP contribution >= 0.6 is 0 Å². The summed E-state index contributed by atoms with van der Waals surface area (Å²) in [7, 11) is 1.62. The fourth-order valence-corrected chi connectivity index (χ4v) is 1.72. The van der Waals surface area contributed by atoms with Crippen molar-refractivity contribution in [1.82, 2.24) is 14.8 Å². The number of carbonyl (C=O) groups is 1. The van der Waals surface area contributed by atoms with Gasteiger partial charge in [0.1, 0.15) is 5.69 Å². The van der Waals surface area contributed by atoms with Gasteiger partial charge in [0.2, 0.25) is 5.78 Å². The molecule has 0 fully saturated rings. The highest BCUT2D eigenvalue weighted by Gasteiger charge is 2.16. The molecule has 0 aliphatic carbocycles. The Labute approximate surface area is 105 Å². The second-order valence-electron chi connectivity index (χ2n) is 3.95. The number of nitrogens with zero attached hydrogens (tertiary/aromatic N) is 3. The van der Waals surface area contributed by atoms with E-state index >= 15 is 0 Å². The van der Waals surface area contributed by atoms with Crippen LogP contribution in [-0.2, 0) is 11.3 Å². The number of rotatable bonds is 5. The highest BCUT2D eigenvalue weighted by molar-refractivity contribution is 6.08. The first-order valence-corrected chi connectivity index (χ1v) is 5.70. The lowest BCUT2D eigenvalue weighted by molar-refractivity contribution is 0.102. The number of hydrogen-bond donors (Lipinski definition) is 0. The van der Waals surface area contributed by atoms with Gasteiger partial charge in [-0.25, -0.2) is 0 Å². The van der Waals surface area contributed by atoms with Crippen molar-refractivity contribution in [2.24, 2.45) is 0 Å². The second kappa shape index (κ2) is 5.55. The molecule has 94 valence electrons. The zero-order valence-electron chi connectivity index (χ0n) is 10.5. The molecule has 0 atom stereocenters. The van der Waals surface area contributed by atoms with E-state index in [0.29, 0.717) is 24.4 Å². The van der Waals surface area contributed by atoms with E-state index in [2.05, 4.69) is 10.1 Å². The zero-order valence-corrected chi connectivity index (χ0v) is 10.5. The average molecular weight is 245 g/mol. The molecule has 0 unspecified atom stereocenters. The molecule has 2 aromatic rings. The van der Waals surface area contributed by atoms with Crippen molar-refractivity contribution in [2.75, 3.05) is 13.7 Å². The minimum atomic E-state index is -0.0609. The van der Waals surface area contributed by atoms with Crippen LogP contribution in [0.5, 0.6) is 0 Å². The molecule has 2 aromatic heterocycles. The Morgan fingerprint density at radius 1 is 1.39 bits per heavy atom. The van der Waals surface area contributed by atoms with E-state index in [1.165, 1.54) is 0 Å². The molecular weight excluding hydrogens is 230 g/mol. The number of aryl methyl sites for hydroxylation is 1. The van der Waals surface area contributed by atoms with Crippen LogP contribution in [-0.4, -0.2) is 34.3 Å². The maximum Gasteiger partial charge on any atom is 0.212 e. The van der Waals surface area contributed by atoms with E-state index in [0.717, 1.165) is 5.56 Å². The van der Waals surface area contributed by atoms with E-state index in [4.69, 9.17) is 4.74 Å². The first-order chi connectivity index (χ1) is 8.74. The van der Waals surface area contributed by atoms with Crippen molar-refractivity contribution >= 4 is 5.78 Å². The normalized spacial score (nSPS) is 10.6. The predicted octanol–water partition coefficient (Wildman–Crippen LogP) is 1.46. The Morgan fingerprint density at radius 3 is 2.94 bits per heavy atom. The molecule has 0 saturated heterocycles. The minimum absolute atomic E-state index is 0.0609. The van der Waals surface area contributed by atoms with Crippen LogP contribution in [0.1, 0.15) is 21.6 Å². The zero-order chi connectivity index (χ0) is 13.0. The molecule has 0 saturated carbocycles. The van der Waals surface area contributed by atoms with Crippen LogP contribution in [0.15, 0.2) is 30.7 Å². The lowest BCUT2D eigenvalue weighted by Crippen LogP contribution is -2.15. The summed E-state index contributed by atoms with van der Waals surface area (Å²) in [6.07, 6.45) is 4.88. The molecule has 5 heteroatoms. The average Bonchev–Trinajstić information content (AvgIpc) is 2.84. The molecule has 0 aliphatic heterocycles. The third kappa shape index (κ3) is 2.46. The molecule has 2 heterocycles. The molecule has 2 rings (SSSR count). The van der Waals surface area contributed by atoms with Crippen LogP contribution in [0.25, 0.3) is 0 Å². The second-order valence-corrected chi connectivity index (χ2v) is 3.95. The van der Waals surface area contributed by atoms with E-state index in [9.17, 15) is 4.79 Å². The molecule has 5 nitrogen and oxygen atoms in total. The number of ether oxygens (including phenoxy) is 1. The van der Waals surface area contributed by atoms with Gasteiger partial charge < -0.3 is 4.74 Å². The van der Waals surface area contributed by atoms with Gasteiger partial charge in [-0.1, -0.05) is 0 Å². The van der Waals surface area contributed by atoms with Gasteiger partial charge in [-0.05, 0) is 24.6 Å². The topological polar surface area (TPSA) is 57.0 Å². The van der Waals surface area contributed by atoms with Gasteiger partial charge in [0.15, 0.2) is 0 Å². The van der Waals surface area contributed by atoms with Crippen LogP contribution < -0.4 is 0 Å². The Morgan fingerprint density at radius 2 is 2.22 bits per heavy atom. The molecule has 0 N–H and O–H groups in total. The van der Waals surface area contributed by atoms with E-state index in [1.807, 2.05) is 13.0 Å². The van der Waals surface area contributed by atoms with Crippen molar-refractivity contribution in [1.29, 1.82) is 0 Å². The molecule has 0 aliphatic rings. The molecule has 18 heavy (non-hydrogen) atoms. The lowest BCUT2D eigenvalue weighted by Gasteiger charge is -2.07. The molecule has 0 amide bonds. The summed E-state index contributed by atoms with van der Waals surface area (Å²) >= 11 is 0. The van der Waals surface area contributed by atoms with Crippen LogP contribution in [0, 0.1) is 6.92 Å². The van der Waals surface area contributed by atoms with Crippen LogP contribution in [0.4, 0.5) is 0 Å². The summed E-state index contributed by atoms with van der Waals surface area (Å²) in [4.78, 5) is 16.4. The largest absolute Gasteiger partial charge is 0.383 e. The van der Waals surface area contributed by atoms with Gasteiger partial charge >= 0.3 is 0 Å². The van der Waals surface area contributed by atoms with Crippen molar-refractivity contribution in [3.05, 3.63) is 47.5 Å². The fraction of sp³-hybridized carbons (Fsp3) is 0.308. The van der Waals surface area contributed by atoms with Crippen molar-refractivity contribution < 1.29 is 9.53 Å². The highest BCUT2D eigenvalue weighted by atomic mass is 16.5. The Bertz CT molecular complexity index is 549. The van der Waals surface area contributed by atoms with E-state index in [-0.39, 0.29) is 5.78 Å². The van der Waals surface area contributed by atoms with Gasteiger partial charge in [-0.15, -0.1) is 0 Å². The van der Waals surface area contributed by atoms with Crippen molar-refractivity contribution in [2.45, 2.75) is 13.5 Å². The first-order valence-electron chi connectivity index (χ1n) is 5.70. The summed E-state index contributed by atoms with van der Waals surface area (Å²) in [6.45, 7) is 2.97. The number of methoxy groups -OCH3 is 1.